The Morgan fingerprint density at radius 3 is 2.25 bits per heavy atom. The van der Waals surface area contributed by atoms with Crippen molar-refractivity contribution in [1.29, 1.82) is 0 Å². The Morgan fingerprint density at radius 1 is 1.25 bits per heavy atom. The SMILES string of the molecule is CCC(CC)N(CCOC)C(=O)c1ccc(N)cc1.Cl. The molecule has 0 heterocycles. The van der Waals surface area contributed by atoms with Crippen LogP contribution in [0.25, 0.3) is 0 Å². The first-order valence-corrected chi connectivity index (χ1v) is 6.79. The Hall–Kier alpha value is -1.26. The summed E-state index contributed by atoms with van der Waals surface area (Å²) in [5.74, 6) is 0.0470. The summed E-state index contributed by atoms with van der Waals surface area (Å²) >= 11 is 0. The summed E-state index contributed by atoms with van der Waals surface area (Å²) in [6.07, 6.45) is 1.89. The van der Waals surface area contributed by atoms with Gasteiger partial charge >= 0.3 is 0 Å². The van der Waals surface area contributed by atoms with Crippen molar-refractivity contribution in [3.8, 4) is 0 Å². The Kier molecular flexibility index (Phi) is 9.01. The number of hydrogen-bond acceptors (Lipinski definition) is 3. The minimum absolute atomic E-state index is 0. The van der Waals surface area contributed by atoms with Crippen LogP contribution in [0.3, 0.4) is 0 Å². The second-order valence-electron chi connectivity index (χ2n) is 4.58. The predicted octanol–water partition coefficient (Wildman–Crippen LogP) is 2.97. The lowest BCUT2D eigenvalue weighted by Crippen LogP contribution is -2.41. The normalized spacial score (nSPS) is 10.2. The van der Waals surface area contributed by atoms with Crippen LogP contribution in [0.15, 0.2) is 24.3 Å². The van der Waals surface area contributed by atoms with E-state index in [9.17, 15) is 4.79 Å². The van der Waals surface area contributed by atoms with Crippen LogP contribution in [-0.4, -0.2) is 37.1 Å². The molecule has 0 aliphatic rings. The van der Waals surface area contributed by atoms with Gasteiger partial charge in [-0.15, -0.1) is 12.4 Å². The number of anilines is 1. The van der Waals surface area contributed by atoms with Gasteiger partial charge in [0.15, 0.2) is 0 Å². The number of carbonyl (C=O) groups excluding carboxylic acids is 1. The van der Waals surface area contributed by atoms with Crippen molar-refractivity contribution in [3.63, 3.8) is 0 Å². The van der Waals surface area contributed by atoms with Crippen LogP contribution in [0, 0.1) is 0 Å². The molecule has 0 aliphatic heterocycles. The van der Waals surface area contributed by atoms with Crippen LogP contribution in [-0.2, 0) is 4.74 Å². The minimum Gasteiger partial charge on any atom is -0.399 e. The van der Waals surface area contributed by atoms with E-state index in [-0.39, 0.29) is 24.4 Å². The second kappa shape index (κ2) is 9.61. The first kappa shape index (κ1) is 18.7. The molecule has 0 saturated carbocycles. The highest BCUT2D eigenvalue weighted by Crippen LogP contribution is 2.14. The molecule has 0 fully saturated rings. The van der Waals surface area contributed by atoms with Gasteiger partial charge in [0.25, 0.3) is 5.91 Å². The van der Waals surface area contributed by atoms with Crippen molar-refractivity contribution in [2.75, 3.05) is 26.0 Å². The van der Waals surface area contributed by atoms with Gasteiger partial charge in [0, 0.05) is 30.9 Å². The first-order valence-electron chi connectivity index (χ1n) is 6.79. The van der Waals surface area contributed by atoms with Gasteiger partial charge in [-0.3, -0.25) is 4.79 Å². The fraction of sp³-hybridized carbons (Fsp3) is 0.533. The zero-order valence-electron chi connectivity index (χ0n) is 12.5. The summed E-state index contributed by atoms with van der Waals surface area (Å²) < 4.78 is 5.10. The van der Waals surface area contributed by atoms with Gasteiger partial charge in [-0.2, -0.15) is 0 Å². The Bertz CT molecular complexity index is 391. The van der Waals surface area contributed by atoms with Crippen LogP contribution < -0.4 is 5.73 Å². The van der Waals surface area contributed by atoms with E-state index in [1.54, 1.807) is 31.4 Å². The third-order valence-electron chi connectivity index (χ3n) is 3.34. The molecule has 114 valence electrons. The third kappa shape index (κ3) is 5.02. The average Bonchev–Trinajstić information content (AvgIpc) is 2.43. The molecule has 0 radical (unpaired) electrons. The zero-order valence-corrected chi connectivity index (χ0v) is 13.3. The van der Waals surface area contributed by atoms with Gasteiger partial charge in [0.2, 0.25) is 0 Å². The van der Waals surface area contributed by atoms with Crippen molar-refractivity contribution in [3.05, 3.63) is 29.8 Å². The number of rotatable bonds is 7. The molecule has 4 nitrogen and oxygen atoms in total. The third-order valence-corrected chi connectivity index (χ3v) is 3.34. The lowest BCUT2D eigenvalue weighted by Gasteiger charge is -2.30. The number of benzene rings is 1. The predicted molar refractivity (Wildman–Crippen MR) is 85.4 cm³/mol. The number of ether oxygens (including phenoxy) is 1. The van der Waals surface area contributed by atoms with Crippen molar-refractivity contribution < 1.29 is 9.53 Å². The number of methoxy groups -OCH3 is 1. The molecule has 5 heteroatoms. The van der Waals surface area contributed by atoms with Crippen molar-refractivity contribution in [1.82, 2.24) is 4.90 Å². The van der Waals surface area contributed by atoms with Gasteiger partial charge in [0.1, 0.15) is 0 Å². The van der Waals surface area contributed by atoms with Gasteiger partial charge < -0.3 is 15.4 Å². The van der Waals surface area contributed by atoms with E-state index >= 15 is 0 Å². The van der Waals surface area contributed by atoms with Gasteiger partial charge in [-0.05, 0) is 37.1 Å². The van der Waals surface area contributed by atoms with Gasteiger partial charge in [0.05, 0.1) is 6.61 Å². The maximum atomic E-state index is 12.6. The molecule has 1 rings (SSSR count). The van der Waals surface area contributed by atoms with Crippen LogP contribution >= 0.6 is 12.4 Å². The minimum atomic E-state index is 0. The van der Waals surface area contributed by atoms with Crippen LogP contribution in [0.5, 0.6) is 0 Å². The van der Waals surface area contributed by atoms with Gasteiger partial charge in [-0.25, -0.2) is 0 Å². The second-order valence-corrected chi connectivity index (χ2v) is 4.58. The zero-order chi connectivity index (χ0) is 14.3. The molecule has 0 saturated heterocycles. The van der Waals surface area contributed by atoms with E-state index in [0.717, 1.165) is 12.8 Å². The summed E-state index contributed by atoms with van der Waals surface area (Å²) in [6, 6.07) is 7.32. The van der Waals surface area contributed by atoms with Crippen LogP contribution in [0.2, 0.25) is 0 Å². The molecule has 0 aliphatic carbocycles. The molecule has 0 spiro atoms. The lowest BCUT2D eigenvalue weighted by atomic mass is 10.1. The molecular weight excluding hydrogens is 276 g/mol. The standard InChI is InChI=1S/C15H24N2O2.ClH/c1-4-14(5-2)17(10-11-19-3)15(18)12-6-8-13(16)9-7-12;/h6-9,14H,4-5,10-11,16H2,1-3H3;1H. The summed E-state index contributed by atoms with van der Waals surface area (Å²) in [7, 11) is 1.65. The monoisotopic (exact) mass is 300 g/mol. The largest absolute Gasteiger partial charge is 0.399 e. The van der Waals surface area contributed by atoms with Crippen molar-refractivity contribution >= 4 is 24.0 Å². The van der Waals surface area contributed by atoms with E-state index in [4.69, 9.17) is 10.5 Å². The number of amides is 1. The van der Waals surface area contributed by atoms with Crippen molar-refractivity contribution in [2.24, 2.45) is 0 Å². The summed E-state index contributed by atoms with van der Waals surface area (Å²) in [5.41, 5.74) is 7.00. The van der Waals surface area contributed by atoms with E-state index in [1.807, 2.05) is 4.90 Å². The van der Waals surface area contributed by atoms with E-state index in [2.05, 4.69) is 13.8 Å². The average molecular weight is 301 g/mol. The Labute approximate surface area is 127 Å². The number of nitrogens with zero attached hydrogens (tertiary/aromatic N) is 1. The number of nitrogens with two attached hydrogens (primary N) is 1. The summed E-state index contributed by atoms with van der Waals surface area (Å²) in [5, 5.41) is 0. The highest BCUT2D eigenvalue weighted by molar-refractivity contribution is 5.94. The number of halogens is 1. The summed E-state index contributed by atoms with van der Waals surface area (Å²) in [4.78, 5) is 14.4. The van der Waals surface area contributed by atoms with Crippen LogP contribution in [0.4, 0.5) is 5.69 Å². The topological polar surface area (TPSA) is 55.6 Å². The fourth-order valence-electron chi connectivity index (χ4n) is 2.16. The van der Waals surface area contributed by atoms with E-state index in [1.165, 1.54) is 0 Å². The molecule has 1 aromatic rings. The molecule has 0 atom stereocenters. The van der Waals surface area contributed by atoms with Crippen LogP contribution in [0.1, 0.15) is 37.0 Å². The van der Waals surface area contributed by atoms with E-state index in [0.29, 0.717) is 24.4 Å². The molecule has 2 N–H and O–H groups in total. The Morgan fingerprint density at radius 2 is 1.80 bits per heavy atom. The maximum Gasteiger partial charge on any atom is 0.254 e. The number of carbonyl (C=O) groups is 1. The smallest absolute Gasteiger partial charge is 0.254 e. The lowest BCUT2D eigenvalue weighted by molar-refractivity contribution is 0.0589. The molecule has 1 aromatic carbocycles. The highest BCUT2D eigenvalue weighted by Gasteiger charge is 2.21. The quantitative estimate of drug-likeness (QED) is 0.788. The molecule has 0 unspecified atom stereocenters. The van der Waals surface area contributed by atoms with E-state index < -0.39 is 0 Å². The summed E-state index contributed by atoms with van der Waals surface area (Å²) in [6.45, 7) is 5.37. The van der Waals surface area contributed by atoms with Crippen molar-refractivity contribution in [2.45, 2.75) is 32.7 Å². The molecular formula is C15H25ClN2O2. The fourth-order valence-corrected chi connectivity index (χ4v) is 2.16. The molecule has 20 heavy (non-hydrogen) atoms. The Balaban J connectivity index is 0.00000361. The molecule has 0 bridgehead atoms. The number of hydrogen-bond donors (Lipinski definition) is 1. The molecule has 0 aromatic heterocycles. The first-order chi connectivity index (χ1) is 9.13. The maximum absolute atomic E-state index is 12.6. The number of nitrogen functional groups attached to an aromatic ring is 1. The highest BCUT2D eigenvalue weighted by atomic mass is 35.5. The van der Waals surface area contributed by atoms with Gasteiger partial charge in [-0.1, -0.05) is 13.8 Å². The molecule has 1 amide bonds.